The summed E-state index contributed by atoms with van der Waals surface area (Å²) in [6.45, 7) is 4.54. The number of benzene rings is 4. The van der Waals surface area contributed by atoms with Crippen LogP contribution in [0.1, 0.15) is 23.6 Å². The highest BCUT2D eigenvalue weighted by Gasteiger charge is 2.40. The summed E-state index contributed by atoms with van der Waals surface area (Å²) in [5.74, 6) is 0. The van der Waals surface area contributed by atoms with Crippen molar-refractivity contribution in [3.63, 3.8) is 0 Å². The fourth-order valence-corrected chi connectivity index (χ4v) is 10.2. The van der Waals surface area contributed by atoms with Crippen molar-refractivity contribution in [2.24, 2.45) is 0 Å². The maximum atomic E-state index is 6.65. The van der Waals surface area contributed by atoms with E-state index in [0.717, 1.165) is 26.1 Å². The van der Waals surface area contributed by atoms with Gasteiger partial charge < -0.3 is 0 Å². The number of hydrogen-bond acceptors (Lipinski definition) is 0. The number of hydrogen-bond donors (Lipinski definition) is 0. The average molecular weight is 454 g/mol. The fraction of sp³-hybridized carbons (Fsp3) is 0.143. The van der Waals surface area contributed by atoms with Crippen LogP contribution in [-0.2, 0) is 10.7 Å². The minimum absolute atomic E-state index is 0.000550. The van der Waals surface area contributed by atoms with Gasteiger partial charge in [0, 0.05) is 5.02 Å². The topological polar surface area (TPSA) is 0 Å². The molecular weight excluding hydrogens is 428 g/mol. The van der Waals surface area contributed by atoms with Crippen LogP contribution in [0, 0.1) is 6.92 Å². The van der Waals surface area contributed by atoms with Crippen LogP contribution < -0.4 is 10.4 Å². The van der Waals surface area contributed by atoms with Crippen molar-refractivity contribution in [2.45, 2.75) is 24.6 Å². The summed E-state index contributed by atoms with van der Waals surface area (Å²) < 4.78 is 0.000550. The molecule has 1 atom stereocenters. The summed E-state index contributed by atoms with van der Waals surface area (Å²) in [5, 5.41) is 3.74. The van der Waals surface area contributed by atoms with Gasteiger partial charge in [0.15, 0.2) is 0 Å². The molecule has 0 N–H and O–H groups in total. The first kappa shape index (κ1) is 21.8. The van der Waals surface area contributed by atoms with Crippen LogP contribution in [0.3, 0.4) is 0 Å². The summed E-state index contributed by atoms with van der Waals surface area (Å²) in [4.78, 5) is 0. The molecule has 0 aromatic heterocycles. The van der Waals surface area contributed by atoms with Gasteiger partial charge >= 0.3 is 0 Å². The van der Waals surface area contributed by atoms with E-state index in [1.54, 1.807) is 0 Å². The summed E-state index contributed by atoms with van der Waals surface area (Å²) in [7, 11) is -0.392. The van der Waals surface area contributed by atoms with E-state index in [1.165, 1.54) is 21.5 Å². The maximum Gasteiger partial charge on any atom is 0.128 e. The van der Waals surface area contributed by atoms with E-state index < -0.39 is 8.80 Å². The minimum atomic E-state index is -1.13. The van der Waals surface area contributed by atoms with Gasteiger partial charge in [-0.05, 0) is 34.8 Å². The Balaban J connectivity index is 1.86. The molecule has 0 aliphatic carbocycles. The summed E-state index contributed by atoms with van der Waals surface area (Å²) >= 11 is 6.65. The molecule has 0 saturated heterocycles. The van der Waals surface area contributed by atoms with Gasteiger partial charge in [0.25, 0.3) is 0 Å². The van der Waals surface area contributed by atoms with Crippen LogP contribution in [0.2, 0.25) is 5.02 Å². The molecule has 1 unspecified atom stereocenters. The summed E-state index contributed by atoms with van der Waals surface area (Å²) in [6.07, 6.45) is 0. The molecule has 0 amide bonds. The Bertz CT molecular complexity index is 1070. The van der Waals surface area contributed by atoms with Crippen molar-refractivity contribution in [3.05, 3.63) is 131 Å². The maximum absolute atomic E-state index is 6.65. The van der Waals surface area contributed by atoms with E-state index in [9.17, 15) is 0 Å². The second kappa shape index (κ2) is 9.82. The number of aryl methyl sites for hydroxylation is 1. The molecule has 0 aliphatic heterocycles. The lowest BCUT2D eigenvalue weighted by Crippen LogP contribution is -2.60. The van der Waals surface area contributed by atoms with Crippen molar-refractivity contribution in [3.8, 4) is 0 Å². The molecule has 0 saturated carbocycles. The van der Waals surface area contributed by atoms with Crippen molar-refractivity contribution in [1.29, 1.82) is 0 Å². The first-order chi connectivity index (χ1) is 15.1. The zero-order chi connectivity index (χ0) is 21.7. The first-order valence-electron chi connectivity index (χ1n) is 10.6. The Hall–Kier alpha value is -2.40. The SMILES string of the molecule is Cc1ccc(C(C)([Si]Cc2ccccc2)[Si](c2ccccc2)c2ccccc2)cc1Cl. The van der Waals surface area contributed by atoms with E-state index >= 15 is 0 Å². The van der Waals surface area contributed by atoms with E-state index in [4.69, 9.17) is 11.6 Å². The molecule has 0 aliphatic rings. The average Bonchev–Trinajstić information content (AvgIpc) is 2.82. The first-order valence-corrected chi connectivity index (χ1v) is 13.7. The van der Waals surface area contributed by atoms with Crippen LogP contribution in [0.15, 0.2) is 109 Å². The van der Waals surface area contributed by atoms with Crippen LogP contribution in [0.5, 0.6) is 0 Å². The van der Waals surface area contributed by atoms with Gasteiger partial charge in [-0.3, -0.25) is 0 Å². The van der Waals surface area contributed by atoms with Gasteiger partial charge in [0.05, 0.1) is 9.52 Å². The van der Waals surface area contributed by atoms with E-state index in [2.05, 4.69) is 123 Å². The Morgan fingerprint density at radius 1 is 0.742 bits per heavy atom. The molecule has 0 heterocycles. The highest BCUT2D eigenvalue weighted by atomic mass is 35.5. The predicted octanol–water partition coefficient (Wildman–Crippen LogP) is 5.62. The Morgan fingerprint density at radius 2 is 1.26 bits per heavy atom. The van der Waals surface area contributed by atoms with Crippen molar-refractivity contribution in [1.82, 2.24) is 0 Å². The second-order valence-electron chi connectivity index (χ2n) is 8.04. The third-order valence-corrected chi connectivity index (χ3v) is 12.2. The molecule has 3 radical (unpaired) electrons. The Kier molecular flexibility index (Phi) is 6.91. The van der Waals surface area contributed by atoms with Gasteiger partial charge in [-0.25, -0.2) is 0 Å². The largest absolute Gasteiger partial charge is 0.128 e. The normalized spacial score (nSPS) is 13.2. The lowest BCUT2D eigenvalue weighted by atomic mass is 10.1. The highest BCUT2D eigenvalue weighted by Crippen LogP contribution is 2.30. The smallest absolute Gasteiger partial charge is 0.0840 e. The molecule has 0 fully saturated rings. The molecule has 0 nitrogen and oxygen atoms in total. The molecule has 153 valence electrons. The standard InChI is InChI=1S/C28H26ClSi2/c1-22-18-19-24(20-27(22)29)28(2,30-21-23-12-6-3-7-13-23)31(25-14-8-4-9-15-25)26-16-10-5-11-17-26/h3-20H,21H2,1-2H3. The van der Waals surface area contributed by atoms with Crippen molar-refractivity contribution < 1.29 is 0 Å². The van der Waals surface area contributed by atoms with Crippen LogP contribution >= 0.6 is 11.6 Å². The molecule has 4 aromatic carbocycles. The monoisotopic (exact) mass is 453 g/mol. The highest BCUT2D eigenvalue weighted by molar-refractivity contribution is 6.93. The Labute approximate surface area is 195 Å². The van der Waals surface area contributed by atoms with Gasteiger partial charge in [-0.2, -0.15) is 0 Å². The molecule has 31 heavy (non-hydrogen) atoms. The molecule has 0 bridgehead atoms. The van der Waals surface area contributed by atoms with Gasteiger partial charge in [-0.1, -0.05) is 138 Å². The molecular formula is C28H26ClSi2. The molecule has 4 aromatic rings. The molecule has 4 rings (SSSR count). The molecule has 3 heteroatoms. The second-order valence-corrected chi connectivity index (χ2v) is 13.6. The Morgan fingerprint density at radius 3 is 1.77 bits per heavy atom. The van der Waals surface area contributed by atoms with E-state index in [-0.39, 0.29) is 4.66 Å². The van der Waals surface area contributed by atoms with E-state index in [0.29, 0.717) is 0 Å². The molecule has 0 spiro atoms. The van der Waals surface area contributed by atoms with E-state index in [1.807, 2.05) is 0 Å². The van der Waals surface area contributed by atoms with Gasteiger partial charge in [0.1, 0.15) is 8.80 Å². The minimum Gasteiger partial charge on any atom is -0.0840 e. The number of halogens is 1. The number of rotatable bonds is 7. The quantitative estimate of drug-likeness (QED) is 0.319. The predicted molar refractivity (Wildman–Crippen MR) is 137 cm³/mol. The zero-order valence-corrected chi connectivity index (χ0v) is 20.7. The summed E-state index contributed by atoms with van der Waals surface area (Å²) in [6, 6.07) is 40.8. The fourth-order valence-electron chi connectivity index (χ4n) is 4.07. The lowest BCUT2D eigenvalue weighted by molar-refractivity contribution is 0.922. The van der Waals surface area contributed by atoms with Crippen LogP contribution in [0.4, 0.5) is 0 Å². The third kappa shape index (κ3) is 4.93. The lowest BCUT2D eigenvalue weighted by Gasteiger charge is -2.38. The van der Waals surface area contributed by atoms with Gasteiger partial charge in [-0.15, -0.1) is 0 Å². The van der Waals surface area contributed by atoms with Gasteiger partial charge in [0.2, 0.25) is 0 Å². The van der Waals surface area contributed by atoms with Crippen LogP contribution in [-0.4, -0.2) is 18.3 Å². The zero-order valence-electron chi connectivity index (χ0n) is 18.0. The third-order valence-electron chi connectivity index (χ3n) is 5.86. The summed E-state index contributed by atoms with van der Waals surface area (Å²) in [5.41, 5.74) is 3.87. The van der Waals surface area contributed by atoms with Crippen molar-refractivity contribution in [2.75, 3.05) is 0 Å². The van der Waals surface area contributed by atoms with Crippen molar-refractivity contribution >= 4 is 40.3 Å². The van der Waals surface area contributed by atoms with Crippen LogP contribution in [0.25, 0.3) is 0 Å².